The van der Waals surface area contributed by atoms with Crippen LogP contribution in [0.4, 0.5) is 0 Å². The Balaban J connectivity index is 2.57. The molecule has 0 spiro atoms. The van der Waals surface area contributed by atoms with Crippen molar-refractivity contribution in [3.8, 4) is 5.75 Å². The normalized spacial score (nSPS) is 10.7. The van der Waals surface area contributed by atoms with Gasteiger partial charge in [-0.2, -0.15) is 0 Å². The minimum Gasteiger partial charge on any atom is -0.491 e. The van der Waals surface area contributed by atoms with E-state index in [9.17, 15) is 0 Å². The zero-order valence-corrected chi connectivity index (χ0v) is 14.1. The van der Waals surface area contributed by atoms with E-state index in [1.165, 1.54) is 0 Å². The van der Waals surface area contributed by atoms with Gasteiger partial charge in [0.15, 0.2) is 0 Å². The topological polar surface area (TPSA) is 50.7 Å². The van der Waals surface area contributed by atoms with E-state index in [1.807, 2.05) is 12.1 Å². The van der Waals surface area contributed by atoms with Crippen molar-refractivity contribution in [1.82, 2.24) is 5.32 Å². The van der Waals surface area contributed by atoms with Crippen molar-refractivity contribution < 1.29 is 14.6 Å². The number of methoxy groups -OCH3 is 1. The Labute approximate surface area is 130 Å². The maximum atomic E-state index is 8.75. The summed E-state index contributed by atoms with van der Waals surface area (Å²) in [6, 6.07) is 4.05. The SMILES string of the molecule is COCCNCc1cc(Br)c(OCCCO)c(Br)c1. The number of hydrogen-bond donors (Lipinski definition) is 2. The molecule has 19 heavy (non-hydrogen) atoms. The van der Waals surface area contributed by atoms with E-state index in [2.05, 4.69) is 37.2 Å². The highest BCUT2D eigenvalue weighted by Gasteiger charge is 2.08. The first kappa shape index (κ1) is 16.9. The summed E-state index contributed by atoms with van der Waals surface area (Å²) in [7, 11) is 1.69. The van der Waals surface area contributed by atoms with E-state index in [4.69, 9.17) is 14.6 Å². The number of hydrogen-bond acceptors (Lipinski definition) is 4. The molecule has 0 fully saturated rings. The summed E-state index contributed by atoms with van der Waals surface area (Å²) in [4.78, 5) is 0. The number of aliphatic hydroxyl groups excluding tert-OH is 1. The Hall–Kier alpha value is -0.140. The molecule has 1 aromatic rings. The number of ether oxygens (including phenoxy) is 2. The van der Waals surface area contributed by atoms with Crippen LogP contribution in [-0.2, 0) is 11.3 Å². The van der Waals surface area contributed by atoms with Gasteiger partial charge in [0.1, 0.15) is 5.75 Å². The maximum absolute atomic E-state index is 8.75. The number of aliphatic hydroxyl groups is 1. The second-order valence-electron chi connectivity index (χ2n) is 3.98. The van der Waals surface area contributed by atoms with E-state index in [0.29, 0.717) is 19.6 Å². The molecule has 0 bridgehead atoms. The van der Waals surface area contributed by atoms with Gasteiger partial charge in [0.2, 0.25) is 0 Å². The van der Waals surface area contributed by atoms with E-state index < -0.39 is 0 Å². The predicted molar refractivity (Wildman–Crippen MR) is 82.6 cm³/mol. The molecule has 0 aliphatic carbocycles. The molecule has 1 aromatic carbocycles. The summed E-state index contributed by atoms with van der Waals surface area (Å²) >= 11 is 7.01. The van der Waals surface area contributed by atoms with Crippen molar-refractivity contribution >= 4 is 31.9 Å². The molecule has 1 rings (SSSR count). The van der Waals surface area contributed by atoms with Crippen molar-refractivity contribution in [2.75, 3.05) is 33.5 Å². The Morgan fingerprint density at radius 3 is 2.47 bits per heavy atom. The predicted octanol–water partition coefficient (Wildman–Crippen LogP) is 2.71. The molecular weight excluding hydrogens is 378 g/mol. The number of nitrogens with one attached hydrogen (secondary N) is 1. The number of halogens is 2. The lowest BCUT2D eigenvalue weighted by Gasteiger charge is -2.12. The minimum absolute atomic E-state index is 0.136. The van der Waals surface area contributed by atoms with E-state index in [0.717, 1.165) is 33.3 Å². The van der Waals surface area contributed by atoms with Crippen molar-refractivity contribution in [3.05, 3.63) is 26.6 Å². The molecule has 0 unspecified atom stereocenters. The largest absolute Gasteiger partial charge is 0.491 e. The van der Waals surface area contributed by atoms with Gasteiger partial charge in [0, 0.05) is 33.2 Å². The second-order valence-corrected chi connectivity index (χ2v) is 5.69. The summed E-state index contributed by atoms with van der Waals surface area (Å²) in [5.41, 5.74) is 1.16. The molecule has 0 aliphatic heterocycles. The summed E-state index contributed by atoms with van der Waals surface area (Å²) in [6.45, 7) is 2.93. The zero-order valence-electron chi connectivity index (χ0n) is 10.9. The monoisotopic (exact) mass is 395 g/mol. The standard InChI is InChI=1S/C13H19Br2NO3/c1-18-6-3-16-9-10-7-11(14)13(12(15)8-10)19-5-2-4-17/h7-8,16-17H,2-6,9H2,1H3. The molecule has 6 heteroatoms. The van der Waals surface area contributed by atoms with Gasteiger partial charge in [-0.15, -0.1) is 0 Å². The molecule has 0 radical (unpaired) electrons. The Morgan fingerprint density at radius 1 is 1.21 bits per heavy atom. The molecule has 0 saturated carbocycles. The average molecular weight is 397 g/mol. The summed E-state index contributed by atoms with van der Waals surface area (Å²) in [6.07, 6.45) is 0.624. The summed E-state index contributed by atoms with van der Waals surface area (Å²) in [5, 5.41) is 12.0. The molecule has 0 amide bonds. The lowest BCUT2D eigenvalue weighted by molar-refractivity contribution is 0.199. The van der Waals surface area contributed by atoms with Crippen molar-refractivity contribution in [2.24, 2.45) is 0 Å². The lowest BCUT2D eigenvalue weighted by atomic mass is 10.2. The first-order valence-corrected chi connectivity index (χ1v) is 7.69. The average Bonchev–Trinajstić information content (AvgIpc) is 2.38. The van der Waals surface area contributed by atoms with Crippen LogP contribution in [0.3, 0.4) is 0 Å². The third-order valence-corrected chi connectivity index (χ3v) is 3.60. The second kappa shape index (κ2) is 9.72. The van der Waals surface area contributed by atoms with Crippen LogP contribution in [0.2, 0.25) is 0 Å². The highest BCUT2D eigenvalue weighted by Crippen LogP contribution is 2.34. The maximum Gasteiger partial charge on any atom is 0.147 e. The molecule has 0 aliphatic rings. The Morgan fingerprint density at radius 2 is 1.89 bits per heavy atom. The Kier molecular flexibility index (Phi) is 8.65. The van der Waals surface area contributed by atoms with Gasteiger partial charge in [-0.05, 0) is 49.6 Å². The van der Waals surface area contributed by atoms with Gasteiger partial charge in [-0.25, -0.2) is 0 Å². The minimum atomic E-state index is 0.136. The highest BCUT2D eigenvalue weighted by atomic mass is 79.9. The fraction of sp³-hybridized carbons (Fsp3) is 0.538. The molecular formula is C13H19Br2NO3. The third-order valence-electron chi connectivity index (χ3n) is 2.42. The van der Waals surface area contributed by atoms with Crippen LogP contribution in [0.15, 0.2) is 21.1 Å². The molecule has 0 heterocycles. The number of rotatable bonds is 9. The van der Waals surface area contributed by atoms with Gasteiger partial charge >= 0.3 is 0 Å². The van der Waals surface area contributed by atoms with Crippen molar-refractivity contribution in [1.29, 1.82) is 0 Å². The smallest absolute Gasteiger partial charge is 0.147 e. The van der Waals surface area contributed by atoms with Crippen LogP contribution in [0.1, 0.15) is 12.0 Å². The van der Waals surface area contributed by atoms with Gasteiger partial charge in [0.05, 0.1) is 22.2 Å². The van der Waals surface area contributed by atoms with Crippen molar-refractivity contribution in [3.63, 3.8) is 0 Å². The quantitative estimate of drug-likeness (QED) is 0.630. The van der Waals surface area contributed by atoms with Crippen LogP contribution < -0.4 is 10.1 Å². The fourth-order valence-electron chi connectivity index (χ4n) is 1.50. The third kappa shape index (κ3) is 6.23. The van der Waals surface area contributed by atoms with Gasteiger partial charge in [-0.3, -0.25) is 0 Å². The van der Waals surface area contributed by atoms with E-state index in [1.54, 1.807) is 7.11 Å². The summed E-state index contributed by atoms with van der Waals surface area (Å²) in [5.74, 6) is 0.772. The Bertz CT molecular complexity index is 365. The molecule has 0 aromatic heterocycles. The zero-order chi connectivity index (χ0) is 14.1. The molecule has 108 valence electrons. The van der Waals surface area contributed by atoms with E-state index in [-0.39, 0.29) is 6.61 Å². The van der Waals surface area contributed by atoms with Gasteiger partial charge in [0.25, 0.3) is 0 Å². The van der Waals surface area contributed by atoms with E-state index >= 15 is 0 Å². The number of benzene rings is 1. The lowest BCUT2D eigenvalue weighted by Crippen LogP contribution is -2.18. The van der Waals surface area contributed by atoms with Crippen molar-refractivity contribution in [2.45, 2.75) is 13.0 Å². The van der Waals surface area contributed by atoms with Gasteiger partial charge < -0.3 is 19.9 Å². The molecule has 2 N–H and O–H groups in total. The van der Waals surface area contributed by atoms with Crippen LogP contribution in [0, 0.1) is 0 Å². The first-order valence-electron chi connectivity index (χ1n) is 6.10. The van der Waals surface area contributed by atoms with Crippen LogP contribution in [0.25, 0.3) is 0 Å². The molecule has 0 saturated heterocycles. The first-order chi connectivity index (χ1) is 9.19. The fourth-order valence-corrected chi connectivity index (χ4v) is 3.01. The summed E-state index contributed by atoms with van der Waals surface area (Å²) < 4.78 is 12.4. The molecule has 4 nitrogen and oxygen atoms in total. The van der Waals surface area contributed by atoms with Crippen LogP contribution in [-0.4, -0.2) is 38.6 Å². The highest BCUT2D eigenvalue weighted by molar-refractivity contribution is 9.11. The van der Waals surface area contributed by atoms with Crippen LogP contribution in [0.5, 0.6) is 5.75 Å². The molecule has 0 atom stereocenters. The van der Waals surface area contributed by atoms with Crippen LogP contribution >= 0.6 is 31.9 Å². The van der Waals surface area contributed by atoms with Gasteiger partial charge in [-0.1, -0.05) is 0 Å².